The van der Waals surface area contributed by atoms with E-state index < -0.39 is 11.5 Å². The van der Waals surface area contributed by atoms with Crippen LogP contribution in [0.4, 0.5) is 0 Å². The van der Waals surface area contributed by atoms with Gasteiger partial charge < -0.3 is 27.2 Å². The van der Waals surface area contributed by atoms with Crippen molar-refractivity contribution < 1.29 is 36.7 Å². The summed E-state index contributed by atoms with van der Waals surface area (Å²) in [5.74, 6) is -0.710. The molecule has 0 aliphatic carbocycles. The number of nitrogens with one attached hydrogen (secondary N) is 1. The number of hydrogen-bond donors (Lipinski definition) is 2. The molecule has 1 fully saturated rings. The summed E-state index contributed by atoms with van der Waals surface area (Å²) < 4.78 is 5.36. The maximum absolute atomic E-state index is 12.8. The van der Waals surface area contributed by atoms with E-state index in [9.17, 15) is 9.59 Å². The van der Waals surface area contributed by atoms with Gasteiger partial charge in [-0.05, 0) is 26.0 Å². The van der Waals surface area contributed by atoms with Crippen molar-refractivity contribution in [3.63, 3.8) is 0 Å². The van der Waals surface area contributed by atoms with E-state index in [-0.39, 0.29) is 23.9 Å². The van der Waals surface area contributed by atoms with E-state index in [0.717, 1.165) is 18.0 Å². The molecule has 1 heterocycles. The van der Waals surface area contributed by atoms with Crippen LogP contribution in [-0.4, -0.2) is 54.5 Å². The topological polar surface area (TPSA) is 68.0 Å². The number of thioether (sulfide) groups is 1. The number of ether oxygens (including phenoxy) is 1. The molecule has 1 saturated heterocycles. The summed E-state index contributed by atoms with van der Waals surface area (Å²) in [6, 6.07) is 7.19. The van der Waals surface area contributed by atoms with Crippen molar-refractivity contribution in [1.29, 1.82) is 0 Å². The van der Waals surface area contributed by atoms with Crippen molar-refractivity contribution in [1.82, 2.24) is 0 Å². The second-order valence-corrected chi connectivity index (χ2v) is 6.93. The summed E-state index contributed by atoms with van der Waals surface area (Å²) in [7, 11) is 0. The van der Waals surface area contributed by atoms with E-state index in [1.165, 1.54) is 16.7 Å². The van der Waals surface area contributed by atoms with Gasteiger partial charge in [0.1, 0.15) is 13.1 Å². The molecule has 5 nitrogen and oxygen atoms in total. The maximum Gasteiger partial charge on any atom is 0.313 e. The molecule has 0 saturated carbocycles. The normalized spacial score (nSPS) is 15.7. The molecule has 1 aliphatic rings. The minimum Gasteiger partial charge on any atom is -1.00 e. The highest BCUT2D eigenvalue weighted by molar-refractivity contribution is 8.00. The van der Waals surface area contributed by atoms with Crippen molar-refractivity contribution in [3.8, 4) is 0 Å². The third-order valence-corrected chi connectivity index (χ3v) is 5.02. The van der Waals surface area contributed by atoms with Gasteiger partial charge in [-0.25, -0.2) is 0 Å². The molecule has 0 bridgehead atoms. The molecule has 1 aromatic rings. The molecule has 1 aromatic carbocycles. The smallest absolute Gasteiger partial charge is 0.313 e. The van der Waals surface area contributed by atoms with Gasteiger partial charge in [0.2, 0.25) is 5.78 Å². The molecule has 0 amide bonds. The summed E-state index contributed by atoms with van der Waals surface area (Å²) in [4.78, 5) is 25.4. The van der Waals surface area contributed by atoms with Crippen LogP contribution in [0.1, 0.15) is 24.2 Å². The molecule has 0 unspecified atom stereocenters. The Morgan fingerprint density at radius 2 is 1.78 bits per heavy atom. The SMILES string of the molecule is CC(C)(C(=O)c1ccc(SCC(=O)O)cc1)[NH+]1CCOCC1.[Cl-]. The number of hydrogen-bond acceptors (Lipinski definition) is 4. The van der Waals surface area contributed by atoms with Crippen LogP contribution in [0.3, 0.4) is 0 Å². The Labute approximate surface area is 146 Å². The van der Waals surface area contributed by atoms with Gasteiger partial charge in [-0.15, -0.1) is 11.8 Å². The molecule has 23 heavy (non-hydrogen) atoms. The van der Waals surface area contributed by atoms with Crippen LogP contribution in [-0.2, 0) is 9.53 Å². The highest BCUT2D eigenvalue weighted by Gasteiger charge is 2.39. The lowest BCUT2D eigenvalue weighted by atomic mass is 9.91. The minimum absolute atomic E-state index is 0. The third-order valence-electron chi connectivity index (χ3n) is 4.03. The Balaban J connectivity index is 0.00000264. The van der Waals surface area contributed by atoms with Crippen LogP contribution in [0.25, 0.3) is 0 Å². The van der Waals surface area contributed by atoms with Crippen LogP contribution in [0, 0.1) is 0 Å². The van der Waals surface area contributed by atoms with Crippen LogP contribution >= 0.6 is 11.8 Å². The van der Waals surface area contributed by atoms with Gasteiger partial charge in [-0.1, -0.05) is 12.1 Å². The second kappa shape index (κ2) is 8.68. The Hall–Kier alpha value is -1.08. The zero-order chi connectivity index (χ0) is 16.2. The first kappa shape index (κ1) is 20.0. The number of aliphatic carboxylic acids is 1. The number of carbonyl (C=O) groups excluding carboxylic acids is 1. The molecule has 2 rings (SSSR count). The van der Waals surface area contributed by atoms with Crippen molar-refractivity contribution in [3.05, 3.63) is 29.8 Å². The first-order chi connectivity index (χ1) is 10.4. The van der Waals surface area contributed by atoms with Crippen LogP contribution in [0.5, 0.6) is 0 Å². The molecule has 2 N–H and O–H groups in total. The maximum atomic E-state index is 12.8. The molecule has 0 radical (unpaired) electrons. The zero-order valence-electron chi connectivity index (χ0n) is 13.3. The molecule has 0 aromatic heterocycles. The first-order valence-electron chi connectivity index (χ1n) is 7.33. The van der Waals surface area contributed by atoms with Crippen molar-refractivity contribution >= 4 is 23.5 Å². The van der Waals surface area contributed by atoms with Gasteiger partial charge >= 0.3 is 5.97 Å². The molecule has 1 aliphatic heterocycles. The number of carbonyl (C=O) groups is 2. The van der Waals surface area contributed by atoms with E-state index in [1.54, 1.807) is 12.1 Å². The molecular weight excluding hydrogens is 338 g/mol. The Kier molecular flexibility index (Phi) is 7.54. The Morgan fingerprint density at radius 1 is 1.22 bits per heavy atom. The van der Waals surface area contributed by atoms with E-state index in [2.05, 4.69) is 0 Å². The number of rotatable bonds is 6. The molecular formula is C16H22ClNO4S. The summed E-state index contributed by atoms with van der Waals surface area (Å²) >= 11 is 1.25. The van der Waals surface area contributed by atoms with Gasteiger partial charge in [0.15, 0.2) is 5.54 Å². The van der Waals surface area contributed by atoms with Crippen LogP contribution < -0.4 is 17.3 Å². The number of quaternary nitrogens is 1. The summed E-state index contributed by atoms with van der Waals surface area (Å²) in [5.41, 5.74) is 0.183. The summed E-state index contributed by atoms with van der Waals surface area (Å²) in [6.07, 6.45) is 0. The monoisotopic (exact) mass is 359 g/mol. The highest BCUT2D eigenvalue weighted by Crippen LogP contribution is 2.20. The fourth-order valence-electron chi connectivity index (χ4n) is 2.61. The number of halogens is 1. The second-order valence-electron chi connectivity index (χ2n) is 5.88. The lowest BCUT2D eigenvalue weighted by Gasteiger charge is -2.36. The minimum atomic E-state index is -0.845. The largest absolute Gasteiger partial charge is 1.00 e. The van der Waals surface area contributed by atoms with Crippen LogP contribution in [0.2, 0.25) is 0 Å². The van der Waals surface area contributed by atoms with Crippen LogP contribution in [0.15, 0.2) is 29.2 Å². The predicted octanol–water partition coefficient (Wildman–Crippen LogP) is -2.26. The van der Waals surface area contributed by atoms with Crippen molar-refractivity contribution in [2.75, 3.05) is 32.1 Å². The fourth-order valence-corrected chi connectivity index (χ4v) is 3.23. The quantitative estimate of drug-likeness (QED) is 0.443. The van der Waals surface area contributed by atoms with E-state index in [1.807, 2.05) is 26.0 Å². The lowest BCUT2D eigenvalue weighted by Crippen LogP contribution is -3.22. The van der Waals surface area contributed by atoms with Crippen molar-refractivity contribution in [2.45, 2.75) is 24.3 Å². The standard InChI is InChI=1S/C16H21NO4S.ClH/c1-16(2,17-7-9-21-10-8-17)15(20)12-3-5-13(6-4-12)22-11-14(18)19;/h3-6H,7-11H2,1-2H3,(H,18,19);1H. The lowest BCUT2D eigenvalue weighted by molar-refractivity contribution is -0.944. The van der Waals surface area contributed by atoms with E-state index in [4.69, 9.17) is 9.84 Å². The average Bonchev–Trinajstić information content (AvgIpc) is 2.53. The fraction of sp³-hybridized carbons (Fsp3) is 0.500. The number of morpholine rings is 1. The average molecular weight is 360 g/mol. The number of ketones is 1. The van der Waals surface area contributed by atoms with E-state index in [0.29, 0.717) is 18.8 Å². The number of carboxylic acid groups (broad SMARTS) is 1. The Morgan fingerprint density at radius 3 is 2.30 bits per heavy atom. The van der Waals surface area contributed by atoms with Gasteiger partial charge in [0, 0.05) is 10.5 Å². The highest BCUT2D eigenvalue weighted by atomic mass is 35.5. The number of carboxylic acids is 1. The van der Waals surface area contributed by atoms with Gasteiger partial charge in [0.25, 0.3) is 0 Å². The predicted molar refractivity (Wildman–Crippen MR) is 84.7 cm³/mol. The van der Waals surface area contributed by atoms with Gasteiger partial charge in [-0.2, -0.15) is 0 Å². The summed E-state index contributed by atoms with van der Waals surface area (Å²) in [5, 5.41) is 8.68. The molecule has 7 heteroatoms. The van der Waals surface area contributed by atoms with Crippen molar-refractivity contribution in [2.24, 2.45) is 0 Å². The number of Topliss-reactive ketones (excluding diaryl/α,β-unsaturated/α-hetero) is 1. The molecule has 128 valence electrons. The van der Waals surface area contributed by atoms with E-state index >= 15 is 0 Å². The number of benzene rings is 1. The molecule has 0 spiro atoms. The Bertz CT molecular complexity index is 542. The zero-order valence-corrected chi connectivity index (χ0v) is 14.9. The first-order valence-corrected chi connectivity index (χ1v) is 8.32. The van der Waals surface area contributed by atoms with Gasteiger partial charge in [-0.3, -0.25) is 9.59 Å². The third kappa shape index (κ3) is 5.21. The summed E-state index contributed by atoms with van der Waals surface area (Å²) in [6.45, 7) is 7.01. The van der Waals surface area contributed by atoms with Gasteiger partial charge in [0.05, 0.1) is 19.0 Å². The molecule has 0 atom stereocenters.